The van der Waals surface area contributed by atoms with Gasteiger partial charge in [0.1, 0.15) is 4.88 Å². The first kappa shape index (κ1) is 11.8. The Balaban J connectivity index is 2.12. The fourth-order valence-electron chi connectivity index (χ4n) is 1.75. The summed E-state index contributed by atoms with van der Waals surface area (Å²) in [6.45, 7) is 1.57. The van der Waals surface area contributed by atoms with E-state index in [2.05, 4.69) is 9.88 Å². The molecule has 88 valence electrons. The van der Waals surface area contributed by atoms with Crippen LogP contribution in [0.15, 0.2) is 0 Å². The maximum absolute atomic E-state index is 10.7. The van der Waals surface area contributed by atoms with E-state index >= 15 is 0 Å². The maximum atomic E-state index is 10.7. The second-order valence-electron chi connectivity index (χ2n) is 3.72. The van der Waals surface area contributed by atoms with Crippen molar-refractivity contribution >= 4 is 34.4 Å². The van der Waals surface area contributed by atoms with Gasteiger partial charge in [0.05, 0.1) is 0 Å². The topological polar surface area (TPSA) is 42.4 Å². The summed E-state index contributed by atoms with van der Waals surface area (Å²) in [7, 11) is 1.99. The van der Waals surface area contributed by atoms with E-state index in [9.17, 15) is 4.79 Å². The summed E-state index contributed by atoms with van der Waals surface area (Å²) in [6.07, 6.45) is 2.73. The molecule has 1 aromatic rings. The lowest BCUT2D eigenvalue weighted by Gasteiger charge is -2.30. The van der Waals surface area contributed by atoms with E-state index in [-0.39, 0.29) is 0 Å². The van der Waals surface area contributed by atoms with Crippen molar-refractivity contribution < 1.29 is 9.53 Å². The summed E-state index contributed by atoms with van der Waals surface area (Å²) in [6, 6.07) is 0.426. The van der Waals surface area contributed by atoms with Gasteiger partial charge in [-0.05, 0) is 12.8 Å². The molecule has 6 heteroatoms. The fraction of sp³-hybridized carbons (Fsp3) is 0.600. The minimum absolute atomic E-state index is 0.300. The average Bonchev–Trinajstić information content (AvgIpc) is 2.71. The van der Waals surface area contributed by atoms with E-state index < -0.39 is 0 Å². The summed E-state index contributed by atoms with van der Waals surface area (Å²) in [5.41, 5.74) is 0. The molecule has 0 N–H and O–H groups in total. The smallest absolute Gasteiger partial charge is 0.187 e. The summed E-state index contributed by atoms with van der Waals surface area (Å²) in [5.74, 6) is 0. The van der Waals surface area contributed by atoms with Crippen LogP contribution < -0.4 is 4.90 Å². The van der Waals surface area contributed by atoms with E-state index in [4.69, 9.17) is 16.3 Å². The number of ether oxygens (including phenoxy) is 1. The number of hydrogen-bond donors (Lipinski definition) is 0. The minimum Gasteiger partial charge on any atom is -0.381 e. The molecule has 0 spiro atoms. The predicted molar refractivity (Wildman–Crippen MR) is 64.8 cm³/mol. The third-order valence-corrected chi connectivity index (χ3v) is 4.22. The molecule has 0 amide bonds. The number of aldehydes is 1. The first-order valence-corrected chi connectivity index (χ1v) is 6.34. The highest BCUT2D eigenvalue weighted by molar-refractivity contribution is 7.17. The Morgan fingerprint density at radius 1 is 1.56 bits per heavy atom. The lowest BCUT2D eigenvalue weighted by atomic mass is 10.1. The highest BCUT2D eigenvalue weighted by Crippen LogP contribution is 2.30. The molecule has 4 nitrogen and oxygen atoms in total. The summed E-state index contributed by atoms with van der Waals surface area (Å²) in [4.78, 5) is 17.5. The molecule has 1 saturated heterocycles. The molecule has 1 fully saturated rings. The second kappa shape index (κ2) is 5.12. The van der Waals surface area contributed by atoms with E-state index in [0.717, 1.165) is 37.5 Å². The minimum atomic E-state index is 0.300. The third-order valence-electron chi connectivity index (χ3n) is 2.75. The van der Waals surface area contributed by atoms with Crippen LogP contribution in [-0.4, -0.2) is 37.6 Å². The first-order valence-electron chi connectivity index (χ1n) is 5.14. The van der Waals surface area contributed by atoms with Gasteiger partial charge in [-0.2, -0.15) is 0 Å². The monoisotopic (exact) mass is 260 g/mol. The first-order chi connectivity index (χ1) is 7.72. The van der Waals surface area contributed by atoms with Crippen LogP contribution in [0.3, 0.4) is 0 Å². The maximum Gasteiger partial charge on any atom is 0.187 e. The van der Waals surface area contributed by atoms with Gasteiger partial charge in [-0.3, -0.25) is 4.79 Å². The Labute approximate surface area is 103 Å². The van der Waals surface area contributed by atoms with Crippen molar-refractivity contribution in [3.63, 3.8) is 0 Å². The van der Waals surface area contributed by atoms with Crippen molar-refractivity contribution in [2.24, 2.45) is 0 Å². The van der Waals surface area contributed by atoms with Gasteiger partial charge in [0.25, 0.3) is 0 Å². The van der Waals surface area contributed by atoms with Crippen molar-refractivity contribution in [1.82, 2.24) is 4.98 Å². The van der Waals surface area contributed by atoms with E-state index in [1.165, 1.54) is 11.3 Å². The predicted octanol–water partition coefficient (Wildman–Crippen LogP) is 2.22. The van der Waals surface area contributed by atoms with Crippen molar-refractivity contribution in [1.29, 1.82) is 0 Å². The zero-order valence-corrected chi connectivity index (χ0v) is 10.6. The molecule has 0 unspecified atom stereocenters. The number of halogens is 1. The molecule has 16 heavy (non-hydrogen) atoms. The Morgan fingerprint density at radius 2 is 2.25 bits per heavy atom. The van der Waals surface area contributed by atoms with Crippen molar-refractivity contribution in [2.75, 3.05) is 25.2 Å². The molecule has 0 radical (unpaired) electrons. The number of hydrogen-bond acceptors (Lipinski definition) is 5. The van der Waals surface area contributed by atoms with E-state index in [0.29, 0.717) is 16.1 Å². The number of rotatable bonds is 3. The van der Waals surface area contributed by atoms with Crippen molar-refractivity contribution in [2.45, 2.75) is 18.9 Å². The van der Waals surface area contributed by atoms with Gasteiger partial charge in [-0.1, -0.05) is 22.9 Å². The van der Waals surface area contributed by atoms with Crippen LogP contribution >= 0.6 is 22.9 Å². The number of carbonyl (C=O) groups is 1. The number of carbonyl (C=O) groups excluding carboxylic acids is 1. The molecule has 2 rings (SSSR count). The lowest BCUT2D eigenvalue weighted by Crippen LogP contribution is -2.36. The summed E-state index contributed by atoms with van der Waals surface area (Å²) in [5, 5.41) is 1.10. The Hall–Kier alpha value is -0.650. The van der Waals surface area contributed by atoms with Gasteiger partial charge in [-0.25, -0.2) is 4.98 Å². The van der Waals surface area contributed by atoms with Crippen LogP contribution in [0, 0.1) is 0 Å². The molecule has 2 heterocycles. The quantitative estimate of drug-likeness (QED) is 0.782. The largest absolute Gasteiger partial charge is 0.381 e. The second-order valence-corrected chi connectivity index (χ2v) is 5.09. The molecule has 0 bridgehead atoms. The number of thiazole rings is 1. The average molecular weight is 261 g/mol. The third kappa shape index (κ3) is 2.36. The van der Waals surface area contributed by atoms with Gasteiger partial charge < -0.3 is 9.64 Å². The number of anilines is 1. The van der Waals surface area contributed by atoms with Gasteiger partial charge in [-0.15, -0.1) is 0 Å². The molecule has 1 aliphatic heterocycles. The van der Waals surface area contributed by atoms with Crippen LogP contribution in [0.5, 0.6) is 0 Å². The van der Waals surface area contributed by atoms with Crippen LogP contribution in [0.2, 0.25) is 5.15 Å². The SMILES string of the molecule is CN(c1nc(Cl)c(C=O)s1)C1CCOCC1. The molecule has 0 saturated carbocycles. The van der Waals surface area contributed by atoms with Crippen LogP contribution in [0.1, 0.15) is 22.5 Å². The summed E-state index contributed by atoms with van der Waals surface area (Å²) < 4.78 is 5.31. The molecule has 0 aliphatic carbocycles. The lowest BCUT2D eigenvalue weighted by molar-refractivity contribution is 0.0855. The van der Waals surface area contributed by atoms with Crippen LogP contribution in [0.4, 0.5) is 5.13 Å². The highest BCUT2D eigenvalue weighted by Gasteiger charge is 2.22. The number of nitrogens with zero attached hydrogens (tertiary/aromatic N) is 2. The Kier molecular flexibility index (Phi) is 3.78. The molecule has 0 atom stereocenters. The van der Waals surface area contributed by atoms with Gasteiger partial charge >= 0.3 is 0 Å². The normalized spacial score (nSPS) is 17.4. The molecular weight excluding hydrogens is 248 g/mol. The number of aromatic nitrogens is 1. The zero-order chi connectivity index (χ0) is 11.5. The highest BCUT2D eigenvalue weighted by atomic mass is 35.5. The molecular formula is C10H13ClN2O2S. The van der Waals surface area contributed by atoms with Crippen LogP contribution in [0.25, 0.3) is 0 Å². The zero-order valence-electron chi connectivity index (χ0n) is 8.98. The van der Waals surface area contributed by atoms with Crippen LogP contribution in [-0.2, 0) is 4.74 Å². The fourth-order valence-corrected chi connectivity index (χ4v) is 2.85. The standard InChI is InChI=1S/C10H13ClN2O2S/c1-13(7-2-4-15-5-3-7)10-12-9(11)8(6-14)16-10/h6-7H,2-5H2,1H3. The van der Waals surface area contributed by atoms with Gasteiger partial charge in [0, 0.05) is 26.3 Å². The molecule has 0 aromatic carbocycles. The molecule has 1 aromatic heterocycles. The van der Waals surface area contributed by atoms with Crippen molar-refractivity contribution in [3.05, 3.63) is 10.0 Å². The van der Waals surface area contributed by atoms with E-state index in [1.807, 2.05) is 7.05 Å². The van der Waals surface area contributed by atoms with E-state index in [1.54, 1.807) is 0 Å². The van der Waals surface area contributed by atoms with Gasteiger partial charge in [0.15, 0.2) is 16.6 Å². The molecule has 1 aliphatic rings. The Morgan fingerprint density at radius 3 is 2.81 bits per heavy atom. The summed E-state index contributed by atoms with van der Waals surface area (Å²) >= 11 is 7.18. The van der Waals surface area contributed by atoms with Gasteiger partial charge in [0.2, 0.25) is 0 Å². The van der Waals surface area contributed by atoms with Crippen molar-refractivity contribution in [3.8, 4) is 0 Å². The Bertz CT molecular complexity index is 377.